The van der Waals surface area contributed by atoms with E-state index in [0.29, 0.717) is 13.2 Å². The third-order valence-electron chi connectivity index (χ3n) is 3.70. The smallest absolute Gasteiger partial charge is 0.225 e. The molecule has 4 nitrogen and oxygen atoms in total. The van der Waals surface area contributed by atoms with Crippen molar-refractivity contribution in [2.75, 3.05) is 13.2 Å². The summed E-state index contributed by atoms with van der Waals surface area (Å²) < 4.78 is 5.36. The maximum absolute atomic E-state index is 11.8. The van der Waals surface area contributed by atoms with Crippen LogP contribution < -0.4 is 5.32 Å². The highest BCUT2D eigenvalue weighted by molar-refractivity contribution is 5.79. The highest BCUT2D eigenvalue weighted by Gasteiger charge is 2.33. The Labute approximate surface area is 96.4 Å². The molecule has 0 spiro atoms. The Balaban J connectivity index is 1.75. The first kappa shape index (κ1) is 11.9. The number of nitrogens with one attached hydrogen (secondary N) is 1. The number of aliphatic hydroxyl groups is 1. The van der Waals surface area contributed by atoms with E-state index in [4.69, 9.17) is 4.74 Å². The largest absolute Gasteiger partial charge is 0.388 e. The van der Waals surface area contributed by atoms with Crippen molar-refractivity contribution in [2.24, 2.45) is 5.92 Å². The van der Waals surface area contributed by atoms with Crippen molar-refractivity contribution in [2.45, 2.75) is 50.7 Å². The molecule has 2 aliphatic rings. The molecule has 2 unspecified atom stereocenters. The number of rotatable bonds is 3. The lowest BCUT2D eigenvalue weighted by molar-refractivity contribution is -0.126. The zero-order valence-corrected chi connectivity index (χ0v) is 9.87. The lowest BCUT2D eigenvalue weighted by atomic mass is 10.0. The molecular formula is C12H21NO3. The van der Waals surface area contributed by atoms with Crippen LogP contribution in [0.1, 0.15) is 39.0 Å². The van der Waals surface area contributed by atoms with Gasteiger partial charge in [0.15, 0.2) is 0 Å². The van der Waals surface area contributed by atoms with E-state index in [1.165, 1.54) is 0 Å². The van der Waals surface area contributed by atoms with Gasteiger partial charge < -0.3 is 15.2 Å². The van der Waals surface area contributed by atoms with Crippen LogP contribution in [-0.4, -0.2) is 35.9 Å². The van der Waals surface area contributed by atoms with E-state index in [0.717, 1.165) is 32.1 Å². The molecule has 0 radical (unpaired) electrons. The lowest BCUT2D eigenvalue weighted by Crippen LogP contribution is -2.43. The summed E-state index contributed by atoms with van der Waals surface area (Å²) >= 11 is 0. The molecule has 16 heavy (non-hydrogen) atoms. The number of carbonyl (C=O) groups is 1. The van der Waals surface area contributed by atoms with Gasteiger partial charge in [-0.05, 0) is 26.2 Å². The van der Waals surface area contributed by atoms with Gasteiger partial charge in [-0.1, -0.05) is 12.8 Å². The van der Waals surface area contributed by atoms with Crippen molar-refractivity contribution >= 4 is 5.91 Å². The van der Waals surface area contributed by atoms with Gasteiger partial charge in [-0.2, -0.15) is 0 Å². The van der Waals surface area contributed by atoms with Crippen molar-refractivity contribution in [1.82, 2.24) is 5.32 Å². The first-order chi connectivity index (χ1) is 7.59. The molecular weight excluding hydrogens is 206 g/mol. The van der Waals surface area contributed by atoms with E-state index in [2.05, 4.69) is 5.32 Å². The maximum atomic E-state index is 11.8. The van der Waals surface area contributed by atoms with Gasteiger partial charge in [-0.25, -0.2) is 0 Å². The molecule has 92 valence electrons. The summed E-state index contributed by atoms with van der Waals surface area (Å²) in [6.07, 6.45) is 4.73. The molecule has 2 rings (SSSR count). The fraction of sp³-hybridized carbons (Fsp3) is 0.917. The standard InChI is InChI=1S/C12H21NO3/c1-9-6-10(7-16-9)11(14)13-8-12(15)4-2-3-5-12/h9-10,15H,2-8H2,1H3,(H,13,14). The molecule has 1 amide bonds. The molecule has 0 aromatic heterocycles. The lowest BCUT2D eigenvalue weighted by Gasteiger charge is -2.23. The van der Waals surface area contributed by atoms with Crippen molar-refractivity contribution in [3.8, 4) is 0 Å². The Bertz CT molecular complexity index is 261. The van der Waals surface area contributed by atoms with Crippen LogP contribution in [0.25, 0.3) is 0 Å². The average molecular weight is 227 g/mol. The number of hydrogen-bond donors (Lipinski definition) is 2. The van der Waals surface area contributed by atoms with Crippen LogP contribution in [-0.2, 0) is 9.53 Å². The van der Waals surface area contributed by atoms with Gasteiger partial charge in [-0.15, -0.1) is 0 Å². The quantitative estimate of drug-likeness (QED) is 0.751. The average Bonchev–Trinajstić information content (AvgIpc) is 2.85. The highest BCUT2D eigenvalue weighted by Crippen LogP contribution is 2.28. The summed E-state index contributed by atoms with van der Waals surface area (Å²) in [6.45, 7) is 2.90. The minimum Gasteiger partial charge on any atom is -0.388 e. The van der Waals surface area contributed by atoms with Crippen molar-refractivity contribution in [3.05, 3.63) is 0 Å². The van der Waals surface area contributed by atoms with E-state index in [1.54, 1.807) is 0 Å². The topological polar surface area (TPSA) is 58.6 Å². The fourth-order valence-electron chi connectivity index (χ4n) is 2.61. The van der Waals surface area contributed by atoms with E-state index >= 15 is 0 Å². The zero-order valence-electron chi connectivity index (χ0n) is 9.87. The van der Waals surface area contributed by atoms with Crippen LogP contribution in [0.4, 0.5) is 0 Å². The van der Waals surface area contributed by atoms with Gasteiger partial charge in [0.05, 0.1) is 24.2 Å². The second kappa shape index (κ2) is 4.72. The Hall–Kier alpha value is -0.610. The Morgan fingerprint density at radius 1 is 1.50 bits per heavy atom. The Kier molecular flexibility index (Phi) is 3.50. The third kappa shape index (κ3) is 2.74. The first-order valence-corrected chi connectivity index (χ1v) is 6.21. The number of hydrogen-bond acceptors (Lipinski definition) is 3. The van der Waals surface area contributed by atoms with Gasteiger partial charge in [0.1, 0.15) is 0 Å². The Morgan fingerprint density at radius 3 is 2.75 bits per heavy atom. The van der Waals surface area contributed by atoms with Crippen molar-refractivity contribution < 1.29 is 14.6 Å². The van der Waals surface area contributed by atoms with Crippen LogP contribution >= 0.6 is 0 Å². The van der Waals surface area contributed by atoms with Crippen molar-refractivity contribution in [3.63, 3.8) is 0 Å². The van der Waals surface area contributed by atoms with E-state index < -0.39 is 5.60 Å². The molecule has 1 saturated carbocycles. The van der Waals surface area contributed by atoms with Crippen LogP contribution in [0.2, 0.25) is 0 Å². The summed E-state index contributed by atoms with van der Waals surface area (Å²) in [4.78, 5) is 11.8. The van der Waals surface area contributed by atoms with E-state index in [-0.39, 0.29) is 17.9 Å². The predicted octanol–water partition coefficient (Wildman–Crippen LogP) is 0.833. The summed E-state index contributed by atoms with van der Waals surface area (Å²) in [5.41, 5.74) is -0.652. The second-order valence-corrected chi connectivity index (χ2v) is 5.23. The summed E-state index contributed by atoms with van der Waals surface area (Å²) in [5, 5.41) is 12.9. The van der Waals surface area contributed by atoms with Crippen LogP contribution in [0.5, 0.6) is 0 Å². The van der Waals surface area contributed by atoms with Crippen LogP contribution in [0.3, 0.4) is 0 Å². The maximum Gasteiger partial charge on any atom is 0.225 e. The third-order valence-corrected chi connectivity index (χ3v) is 3.70. The van der Waals surface area contributed by atoms with Gasteiger partial charge in [0, 0.05) is 6.54 Å². The van der Waals surface area contributed by atoms with E-state index in [1.807, 2.05) is 6.92 Å². The molecule has 1 saturated heterocycles. The summed E-state index contributed by atoms with van der Waals surface area (Å²) in [5.74, 6) is 0.00433. The van der Waals surface area contributed by atoms with Gasteiger partial charge in [0.25, 0.3) is 0 Å². The monoisotopic (exact) mass is 227 g/mol. The molecule has 2 N–H and O–H groups in total. The SMILES string of the molecule is CC1CC(C(=O)NCC2(O)CCCC2)CO1. The number of carbonyl (C=O) groups excluding carboxylic acids is 1. The second-order valence-electron chi connectivity index (χ2n) is 5.23. The minimum atomic E-state index is -0.652. The molecule has 0 aromatic carbocycles. The summed E-state index contributed by atoms with van der Waals surface area (Å²) in [6, 6.07) is 0. The summed E-state index contributed by atoms with van der Waals surface area (Å²) in [7, 11) is 0. The molecule has 0 aromatic rings. The minimum absolute atomic E-state index is 0.0278. The first-order valence-electron chi connectivity index (χ1n) is 6.21. The predicted molar refractivity (Wildman–Crippen MR) is 59.9 cm³/mol. The fourth-order valence-corrected chi connectivity index (χ4v) is 2.61. The molecule has 1 aliphatic heterocycles. The Morgan fingerprint density at radius 2 is 2.19 bits per heavy atom. The molecule has 2 fully saturated rings. The van der Waals surface area contributed by atoms with Crippen LogP contribution in [0.15, 0.2) is 0 Å². The molecule has 0 bridgehead atoms. The van der Waals surface area contributed by atoms with Gasteiger partial charge >= 0.3 is 0 Å². The van der Waals surface area contributed by atoms with Crippen molar-refractivity contribution in [1.29, 1.82) is 0 Å². The highest BCUT2D eigenvalue weighted by atomic mass is 16.5. The van der Waals surface area contributed by atoms with Gasteiger partial charge in [-0.3, -0.25) is 4.79 Å². The van der Waals surface area contributed by atoms with Gasteiger partial charge in [0.2, 0.25) is 5.91 Å². The molecule has 4 heteroatoms. The van der Waals surface area contributed by atoms with Crippen LogP contribution in [0, 0.1) is 5.92 Å². The molecule has 1 aliphatic carbocycles. The number of amides is 1. The molecule has 2 atom stereocenters. The zero-order chi connectivity index (χ0) is 11.6. The molecule has 1 heterocycles. The number of ether oxygens (including phenoxy) is 1. The normalized spacial score (nSPS) is 32.9. The van der Waals surface area contributed by atoms with E-state index in [9.17, 15) is 9.90 Å².